The Morgan fingerprint density at radius 1 is 1.24 bits per heavy atom. The molecule has 0 spiro atoms. The molecule has 3 aromatic heterocycles. The van der Waals surface area contributed by atoms with Gasteiger partial charge in [0.05, 0.1) is 11.5 Å². The Labute approximate surface area is 169 Å². The molecule has 1 saturated carbocycles. The third kappa shape index (κ3) is 4.24. The molecule has 1 aliphatic carbocycles. The highest BCUT2D eigenvalue weighted by atomic mass is 16.3. The molecule has 7 nitrogen and oxygen atoms in total. The molecule has 0 aliphatic heterocycles. The van der Waals surface area contributed by atoms with E-state index in [4.69, 9.17) is 4.98 Å². The summed E-state index contributed by atoms with van der Waals surface area (Å²) >= 11 is 0. The Morgan fingerprint density at radius 3 is 2.83 bits per heavy atom. The van der Waals surface area contributed by atoms with Crippen LogP contribution in [-0.2, 0) is 6.54 Å². The van der Waals surface area contributed by atoms with Crippen molar-refractivity contribution in [2.75, 3.05) is 17.2 Å². The minimum Gasteiger partial charge on any atom is -0.393 e. The van der Waals surface area contributed by atoms with Gasteiger partial charge in [0.15, 0.2) is 0 Å². The van der Waals surface area contributed by atoms with E-state index in [9.17, 15) is 9.90 Å². The van der Waals surface area contributed by atoms with Crippen LogP contribution in [0.25, 0.3) is 10.8 Å². The van der Waals surface area contributed by atoms with Gasteiger partial charge in [-0.05, 0) is 74.2 Å². The van der Waals surface area contributed by atoms with E-state index in [0.717, 1.165) is 30.2 Å². The average molecular weight is 393 g/mol. The highest BCUT2D eigenvalue weighted by Gasteiger charge is 2.23. The Hall–Kier alpha value is -2.93. The summed E-state index contributed by atoms with van der Waals surface area (Å²) in [4.78, 5) is 22.0. The molecule has 3 aromatic rings. The summed E-state index contributed by atoms with van der Waals surface area (Å²) < 4.78 is 1.68. The van der Waals surface area contributed by atoms with Gasteiger partial charge in [0.2, 0.25) is 0 Å². The topological polar surface area (TPSA) is 92.1 Å². The normalized spacial score (nSPS) is 18.9. The summed E-state index contributed by atoms with van der Waals surface area (Å²) in [6.07, 6.45) is 5.96. The molecule has 3 heterocycles. The van der Waals surface area contributed by atoms with Crippen molar-refractivity contribution in [3.8, 4) is 0 Å². The number of nitrogens with one attached hydrogen (secondary N) is 2. The fraction of sp³-hybridized carbons (Fsp3) is 0.409. The van der Waals surface area contributed by atoms with E-state index in [0.29, 0.717) is 41.8 Å². The standard InChI is InChI=1S/C22H27N5O2/c1-3-27-9-7-16-12-19(25-18-10-14(2)6-8-23-18)26-21(20(16)22(27)29)24-13-15-4-5-17(28)11-15/h6-10,12,15,17,28H,3-5,11,13H2,1-2H3,(H2,23,24,25,26). The largest absolute Gasteiger partial charge is 0.393 e. The molecule has 0 radical (unpaired) electrons. The number of aromatic nitrogens is 3. The van der Waals surface area contributed by atoms with Gasteiger partial charge in [0, 0.05) is 25.5 Å². The van der Waals surface area contributed by atoms with Crippen LogP contribution in [0.15, 0.2) is 41.5 Å². The first-order valence-electron chi connectivity index (χ1n) is 10.2. The first kappa shape index (κ1) is 19.4. The third-order valence-corrected chi connectivity index (χ3v) is 5.54. The molecule has 2 atom stereocenters. The molecule has 0 bridgehead atoms. The van der Waals surface area contributed by atoms with Crippen LogP contribution in [0.5, 0.6) is 0 Å². The number of hydrogen-bond donors (Lipinski definition) is 3. The lowest BCUT2D eigenvalue weighted by Gasteiger charge is -2.16. The van der Waals surface area contributed by atoms with Crippen molar-refractivity contribution >= 4 is 28.2 Å². The Kier molecular flexibility index (Phi) is 5.49. The van der Waals surface area contributed by atoms with Crippen molar-refractivity contribution in [1.82, 2.24) is 14.5 Å². The van der Waals surface area contributed by atoms with E-state index in [1.54, 1.807) is 10.8 Å². The van der Waals surface area contributed by atoms with Crippen LogP contribution in [0.1, 0.15) is 31.7 Å². The van der Waals surface area contributed by atoms with Crippen LogP contribution in [-0.4, -0.2) is 32.3 Å². The Balaban J connectivity index is 1.71. The van der Waals surface area contributed by atoms with Gasteiger partial charge in [-0.1, -0.05) is 0 Å². The van der Waals surface area contributed by atoms with Gasteiger partial charge in [0.25, 0.3) is 5.56 Å². The third-order valence-electron chi connectivity index (χ3n) is 5.54. The number of aliphatic hydroxyl groups is 1. The Morgan fingerprint density at radius 2 is 2.10 bits per heavy atom. The number of aliphatic hydroxyl groups excluding tert-OH is 1. The van der Waals surface area contributed by atoms with E-state index in [1.165, 1.54) is 0 Å². The highest BCUT2D eigenvalue weighted by Crippen LogP contribution is 2.28. The molecule has 1 fully saturated rings. The van der Waals surface area contributed by atoms with Crippen molar-refractivity contribution in [3.05, 3.63) is 52.6 Å². The van der Waals surface area contributed by atoms with Gasteiger partial charge in [-0.25, -0.2) is 9.97 Å². The molecule has 29 heavy (non-hydrogen) atoms. The number of nitrogens with zero attached hydrogens (tertiary/aromatic N) is 3. The predicted molar refractivity (Wildman–Crippen MR) is 116 cm³/mol. The average Bonchev–Trinajstić information content (AvgIpc) is 3.11. The fourth-order valence-corrected chi connectivity index (χ4v) is 3.95. The van der Waals surface area contributed by atoms with Crippen LogP contribution in [0.2, 0.25) is 0 Å². The molecule has 3 N–H and O–H groups in total. The molecule has 0 amide bonds. The summed E-state index contributed by atoms with van der Waals surface area (Å²) in [5, 5.41) is 17.9. The zero-order valence-electron chi connectivity index (χ0n) is 16.9. The van der Waals surface area contributed by atoms with E-state index in [1.807, 2.05) is 44.3 Å². The SMILES string of the molecule is CCn1ccc2cc(Nc3cc(C)ccn3)nc(NCC3CCC(O)C3)c2c1=O. The number of pyridine rings is 3. The maximum absolute atomic E-state index is 13.0. The van der Waals surface area contributed by atoms with Crippen molar-refractivity contribution in [2.45, 2.75) is 45.8 Å². The molecule has 152 valence electrons. The predicted octanol–water partition coefficient (Wildman–Crippen LogP) is 3.44. The van der Waals surface area contributed by atoms with Gasteiger partial charge in [-0.2, -0.15) is 0 Å². The van der Waals surface area contributed by atoms with Crippen LogP contribution in [0.3, 0.4) is 0 Å². The summed E-state index contributed by atoms with van der Waals surface area (Å²) in [5.41, 5.74) is 1.05. The van der Waals surface area contributed by atoms with Crippen LogP contribution < -0.4 is 16.2 Å². The summed E-state index contributed by atoms with van der Waals surface area (Å²) in [6, 6.07) is 7.72. The second-order valence-corrected chi connectivity index (χ2v) is 7.78. The summed E-state index contributed by atoms with van der Waals surface area (Å²) in [5.74, 6) is 2.31. The van der Waals surface area contributed by atoms with Gasteiger partial charge in [-0.3, -0.25) is 4.79 Å². The summed E-state index contributed by atoms with van der Waals surface area (Å²) in [6.45, 7) is 5.26. The smallest absolute Gasteiger partial charge is 0.262 e. The second-order valence-electron chi connectivity index (χ2n) is 7.78. The maximum Gasteiger partial charge on any atom is 0.262 e. The second kappa shape index (κ2) is 8.21. The molecule has 1 aliphatic rings. The lowest BCUT2D eigenvalue weighted by molar-refractivity contribution is 0.178. The number of rotatable bonds is 6. The first-order chi connectivity index (χ1) is 14.0. The molecule has 0 aromatic carbocycles. The minimum absolute atomic E-state index is 0.0494. The highest BCUT2D eigenvalue weighted by molar-refractivity contribution is 5.93. The number of aryl methyl sites for hydroxylation is 2. The quantitative estimate of drug-likeness (QED) is 0.594. The molecular formula is C22H27N5O2. The molecule has 0 saturated heterocycles. The van der Waals surface area contributed by atoms with Crippen LogP contribution in [0.4, 0.5) is 17.5 Å². The molecule has 2 unspecified atom stereocenters. The monoisotopic (exact) mass is 393 g/mol. The first-order valence-corrected chi connectivity index (χ1v) is 10.2. The fourth-order valence-electron chi connectivity index (χ4n) is 3.95. The van der Waals surface area contributed by atoms with Crippen molar-refractivity contribution in [2.24, 2.45) is 5.92 Å². The van der Waals surface area contributed by atoms with E-state index in [-0.39, 0.29) is 11.7 Å². The van der Waals surface area contributed by atoms with Crippen LogP contribution in [0, 0.1) is 12.8 Å². The zero-order valence-corrected chi connectivity index (χ0v) is 16.9. The maximum atomic E-state index is 13.0. The van der Waals surface area contributed by atoms with Crippen LogP contribution >= 0.6 is 0 Å². The minimum atomic E-state index is -0.218. The molecular weight excluding hydrogens is 366 g/mol. The Bertz CT molecular complexity index is 1080. The van der Waals surface area contributed by atoms with E-state index >= 15 is 0 Å². The molecule has 4 rings (SSSR count). The lowest BCUT2D eigenvalue weighted by atomic mass is 10.1. The number of hydrogen-bond acceptors (Lipinski definition) is 6. The van der Waals surface area contributed by atoms with Crippen molar-refractivity contribution < 1.29 is 5.11 Å². The van der Waals surface area contributed by atoms with Crippen molar-refractivity contribution in [3.63, 3.8) is 0 Å². The summed E-state index contributed by atoms with van der Waals surface area (Å²) in [7, 11) is 0. The van der Waals surface area contributed by atoms with Crippen molar-refractivity contribution in [1.29, 1.82) is 0 Å². The van der Waals surface area contributed by atoms with Gasteiger partial charge < -0.3 is 20.3 Å². The van der Waals surface area contributed by atoms with E-state index in [2.05, 4.69) is 15.6 Å². The number of fused-ring (bicyclic) bond motifs is 1. The van der Waals surface area contributed by atoms with Gasteiger partial charge in [-0.15, -0.1) is 0 Å². The van der Waals surface area contributed by atoms with E-state index < -0.39 is 0 Å². The molecule has 7 heteroatoms. The lowest BCUT2D eigenvalue weighted by Crippen LogP contribution is -2.21. The zero-order chi connectivity index (χ0) is 20.4. The number of anilines is 3. The van der Waals surface area contributed by atoms with Gasteiger partial charge in [0.1, 0.15) is 17.5 Å². The van der Waals surface area contributed by atoms with Gasteiger partial charge >= 0.3 is 0 Å².